The minimum atomic E-state index is -0.291. The van der Waals surface area contributed by atoms with Gasteiger partial charge in [-0.2, -0.15) is 0 Å². The van der Waals surface area contributed by atoms with Crippen LogP contribution in [0.1, 0.15) is 47.5 Å². The van der Waals surface area contributed by atoms with Crippen molar-refractivity contribution in [3.63, 3.8) is 0 Å². The predicted molar refractivity (Wildman–Crippen MR) is 148 cm³/mol. The van der Waals surface area contributed by atoms with Gasteiger partial charge >= 0.3 is 0 Å². The Kier molecular flexibility index (Phi) is 7.79. The standard InChI is InChI=1S/C30H31FN6O2/c1-4-27(29-33-34-35-37(29)17-21-10-12-25(31)13-11-21)36(18-22-7-5-6-8-28(22)39-3)19-24-16-23-15-20(2)9-14-26(23)32-30(24)38/h5-16,27H,4,17-19H2,1-3H3,(H,32,38)/t27-/m0/s1. The second-order valence-electron chi connectivity index (χ2n) is 9.68. The lowest BCUT2D eigenvalue weighted by Gasteiger charge is -2.30. The van der Waals surface area contributed by atoms with Gasteiger partial charge in [-0.15, -0.1) is 5.10 Å². The van der Waals surface area contributed by atoms with E-state index in [1.165, 1.54) is 12.1 Å². The molecule has 3 aromatic carbocycles. The van der Waals surface area contributed by atoms with Crippen LogP contribution in [0.2, 0.25) is 0 Å². The summed E-state index contributed by atoms with van der Waals surface area (Å²) in [6.45, 7) is 5.39. The van der Waals surface area contributed by atoms with Crippen molar-refractivity contribution in [1.29, 1.82) is 0 Å². The number of hydrogen-bond acceptors (Lipinski definition) is 6. The number of tetrazole rings is 1. The maximum absolute atomic E-state index is 13.5. The Morgan fingerprint density at radius 2 is 1.79 bits per heavy atom. The second-order valence-corrected chi connectivity index (χ2v) is 9.68. The summed E-state index contributed by atoms with van der Waals surface area (Å²) in [5.74, 6) is 1.15. The van der Waals surface area contributed by atoms with Crippen LogP contribution in [0.25, 0.3) is 10.9 Å². The molecule has 0 fully saturated rings. The van der Waals surface area contributed by atoms with Gasteiger partial charge in [0.1, 0.15) is 11.6 Å². The summed E-state index contributed by atoms with van der Waals surface area (Å²) in [6, 6.07) is 21.9. The average molecular weight is 527 g/mol. The van der Waals surface area contributed by atoms with Crippen LogP contribution in [0, 0.1) is 12.7 Å². The highest BCUT2D eigenvalue weighted by molar-refractivity contribution is 5.79. The average Bonchev–Trinajstić information content (AvgIpc) is 3.39. The summed E-state index contributed by atoms with van der Waals surface area (Å²) in [7, 11) is 1.65. The van der Waals surface area contributed by atoms with Crippen molar-refractivity contribution in [3.8, 4) is 5.75 Å². The molecule has 200 valence electrons. The molecule has 0 saturated carbocycles. The molecular weight excluding hydrogens is 495 g/mol. The third-order valence-electron chi connectivity index (χ3n) is 6.95. The molecule has 2 aromatic heterocycles. The molecule has 0 bridgehead atoms. The smallest absolute Gasteiger partial charge is 0.252 e. The van der Waals surface area contributed by atoms with Crippen LogP contribution in [0.15, 0.2) is 77.6 Å². The number of H-pyrrole nitrogens is 1. The van der Waals surface area contributed by atoms with E-state index in [9.17, 15) is 9.18 Å². The van der Waals surface area contributed by atoms with Crippen LogP contribution in [-0.4, -0.2) is 37.2 Å². The molecule has 2 heterocycles. The van der Waals surface area contributed by atoms with Gasteiger partial charge in [-0.3, -0.25) is 9.69 Å². The zero-order valence-electron chi connectivity index (χ0n) is 22.3. The number of ether oxygens (including phenoxy) is 1. The van der Waals surface area contributed by atoms with E-state index in [0.29, 0.717) is 37.4 Å². The van der Waals surface area contributed by atoms with E-state index in [4.69, 9.17) is 4.74 Å². The quantitative estimate of drug-likeness (QED) is 0.270. The first-order valence-electron chi connectivity index (χ1n) is 12.9. The van der Waals surface area contributed by atoms with Gasteiger partial charge in [0.15, 0.2) is 5.82 Å². The number of para-hydroxylation sites is 1. The van der Waals surface area contributed by atoms with E-state index in [0.717, 1.165) is 33.3 Å². The number of aryl methyl sites for hydroxylation is 1. The van der Waals surface area contributed by atoms with E-state index in [-0.39, 0.29) is 17.4 Å². The lowest BCUT2D eigenvalue weighted by molar-refractivity contribution is 0.159. The second kappa shape index (κ2) is 11.6. The van der Waals surface area contributed by atoms with Crippen LogP contribution in [-0.2, 0) is 19.6 Å². The molecule has 1 N–H and O–H groups in total. The fourth-order valence-corrected chi connectivity index (χ4v) is 4.97. The molecule has 5 rings (SSSR count). The first kappa shape index (κ1) is 26.2. The van der Waals surface area contributed by atoms with Crippen molar-refractivity contribution >= 4 is 10.9 Å². The molecule has 1 atom stereocenters. The van der Waals surface area contributed by atoms with Crippen LogP contribution >= 0.6 is 0 Å². The summed E-state index contributed by atoms with van der Waals surface area (Å²) < 4.78 is 20.8. The Balaban J connectivity index is 1.54. The first-order chi connectivity index (χ1) is 18.9. The highest BCUT2D eigenvalue weighted by Crippen LogP contribution is 2.29. The molecule has 0 aliphatic carbocycles. The topological polar surface area (TPSA) is 88.9 Å². The monoisotopic (exact) mass is 526 g/mol. The summed E-state index contributed by atoms with van der Waals surface area (Å²) in [5.41, 5.74) is 4.33. The lowest BCUT2D eigenvalue weighted by Crippen LogP contribution is -2.32. The minimum absolute atomic E-state index is 0.128. The number of rotatable bonds is 10. The highest BCUT2D eigenvalue weighted by atomic mass is 19.1. The van der Waals surface area contributed by atoms with Gasteiger partial charge in [0, 0.05) is 29.7 Å². The molecule has 39 heavy (non-hydrogen) atoms. The molecule has 0 spiro atoms. The van der Waals surface area contributed by atoms with E-state index >= 15 is 0 Å². The molecule has 9 heteroatoms. The fourth-order valence-electron chi connectivity index (χ4n) is 4.97. The summed E-state index contributed by atoms with van der Waals surface area (Å²) >= 11 is 0. The van der Waals surface area contributed by atoms with Crippen LogP contribution in [0.3, 0.4) is 0 Å². The summed E-state index contributed by atoms with van der Waals surface area (Å²) in [6.07, 6.45) is 0.698. The van der Waals surface area contributed by atoms with Gasteiger partial charge in [0.05, 0.1) is 19.7 Å². The third-order valence-corrected chi connectivity index (χ3v) is 6.95. The van der Waals surface area contributed by atoms with Crippen molar-refractivity contribution in [2.75, 3.05) is 7.11 Å². The molecule has 0 saturated heterocycles. The Bertz CT molecular complexity index is 1630. The number of fused-ring (bicyclic) bond motifs is 1. The van der Waals surface area contributed by atoms with Crippen LogP contribution in [0.4, 0.5) is 4.39 Å². The molecule has 5 aromatic rings. The van der Waals surface area contributed by atoms with Gasteiger partial charge in [0.25, 0.3) is 5.56 Å². The van der Waals surface area contributed by atoms with Crippen molar-refractivity contribution < 1.29 is 9.13 Å². The van der Waals surface area contributed by atoms with Crippen molar-refractivity contribution in [2.24, 2.45) is 0 Å². The van der Waals surface area contributed by atoms with E-state index < -0.39 is 0 Å². The number of aromatic nitrogens is 5. The van der Waals surface area contributed by atoms with Gasteiger partial charge < -0.3 is 9.72 Å². The largest absolute Gasteiger partial charge is 0.496 e. The highest BCUT2D eigenvalue weighted by Gasteiger charge is 2.27. The molecule has 8 nitrogen and oxygen atoms in total. The molecule has 0 aliphatic heterocycles. The number of aromatic amines is 1. The minimum Gasteiger partial charge on any atom is -0.496 e. The third kappa shape index (κ3) is 5.88. The number of methoxy groups -OCH3 is 1. The van der Waals surface area contributed by atoms with Crippen LogP contribution in [0.5, 0.6) is 5.75 Å². The number of halogens is 1. The van der Waals surface area contributed by atoms with Crippen LogP contribution < -0.4 is 10.3 Å². The number of nitrogens with zero attached hydrogens (tertiary/aromatic N) is 5. The van der Waals surface area contributed by atoms with Gasteiger partial charge in [-0.1, -0.05) is 48.9 Å². The number of hydrogen-bond donors (Lipinski definition) is 1. The van der Waals surface area contributed by atoms with Gasteiger partial charge in [0.2, 0.25) is 0 Å². The Morgan fingerprint density at radius 3 is 2.56 bits per heavy atom. The molecular formula is C30H31FN6O2. The zero-order valence-corrected chi connectivity index (χ0v) is 22.3. The first-order valence-corrected chi connectivity index (χ1v) is 12.9. The normalized spacial score (nSPS) is 12.2. The Hall–Kier alpha value is -4.37. The maximum atomic E-state index is 13.5. The lowest BCUT2D eigenvalue weighted by atomic mass is 10.1. The Labute approximate surface area is 226 Å². The van der Waals surface area contributed by atoms with E-state index in [1.54, 1.807) is 23.9 Å². The number of benzene rings is 3. The summed E-state index contributed by atoms with van der Waals surface area (Å²) in [4.78, 5) is 18.4. The molecule has 0 unspecified atom stereocenters. The fraction of sp³-hybridized carbons (Fsp3) is 0.267. The van der Waals surface area contributed by atoms with Gasteiger partial charge in [-0.05, 0) is 71.1 Å². The summed E-state index contributed by atoms with van der Waals surface area (Å²) in [5, 5.41) is 13.6. The SMILES string of the molecule is CC[C@@H](c1nnnn1Cc1ccc(F)cc1)N(Cc1ccccc1OC)Cc1cc2cc(C)ccc2[nH]c1=O. The number of nitrogens with one attached hydrogen (secondary N) is 1. The van der Waals surface area contributed by atoms with Crippen molar-refractivity contribution in [3.05, 3.63) is 117 Å². The maximum Gasteiger partial charge on any atom is 0.252 e. The molecule has 0 radical (unpaired) electrons. The Morgan fingerprint density at radius 1 is 1.03 bits per heavy atom. The van der Waals surface area contributed by atoms with Crippen molar-refractivity contribution in [2.45, 2.75) is 45.9 Å². The molecule has 0 amide bonds. The predicted octanol–water partition coefficient (Wildman–Crippen LogP) is 5.17. The molecule has 0 aliphatic rings. The van der Waals surface area contributed by atoms with Gasteiger partial charge in [-0.25, -0.2) is 9.07 Å². The van der Waals surface area contributed by atoms with E-state index in [2.05, 4.69) is 38.4 Å². The number of pyridine rings is 1. The zero-order chi connectivity index (χ0) is 27.4. The van der Waals surface area contributed by atoms with Crippen molar-refractivity contribution in [1.82, 2.24) is 30.1 Å². The van der Waals surface area contributed by atoms with E-state index in [1.807, 2.05) is 49.4 Å².